The van der Waals surface area contributed by atoms with Crippen molar-refractivity contribution >= 4 is 22.6 Å². The molecule has 0 saturated carbocycles. The predicted molar refractivity (Wildman–Crippen MR) is 103 cm³/mol. The minimum Gasteiger partial charge on any atom is -0.456 e. The molecule has 2 aromatic carbocycles. The molecule has 1 N–H and O–H groups in total. The van der Waals surface area contributed by atoms with Crippen LogP contribution in [0.25, 0.3) is 10.8 Å². The van der Waals surface area contributed by atoms with Gasteiger partial charge in [0.1, 0.15) is 18.0 Å². The maximum absolute atomic E-state index is 12.5. The molecule has 1 aliphatic rings. The van der Waals surface area contributed by atoms with Crippen LogP contribution in [0.15, 0.2) is 54.6 Å². The molecule has 2 unspecified atom stereocenters. The number of fused-ring (bicyclic) bond motifs is 1. The number of nitrogens with one attached hydrogen (secondary N) is 1. The SMILES string of the molecule is Cc1cc(C)nc(NC2C(=O)O[C@H](c3ccc4ccccc4c3)C2C)c1. The fourth-order valence-corrected chi connectivity index (χ4v) is 3.72. The second-order valence-electron chi connectivity index (χ2n) is 7.12. The maximum Gasteiger partial charge on any atom is 0.329 e. The zero-order valence-electron chi connectivity index (χ0n) is 15.2. The molecular formula is C22H22N2O2. The molecule has 1 saturated heterocycles. The largest absolute Gasteiger partial charge is 0.456 e. The first-order valence-electron chi connectivity index (χ1n) is 8.92. The lowest BCUT2D eigenvalue weighted by molar-refractivity contribution is -0.142. The number of carbonyl (C=O) groups excluding carboxylic acids is 1. The summed E-state index contributed by atoms with van der Waals surface area (Å²) in [5.41, 5.74) is 3.07. The molecular weight excluding hydrogens is 324 g/mol. The summed E-state index contributed by atoms with van der Waals surface area (Å²) < 4.78 is 5.72. The normalized spacial score (nSPS) is 22.4. The fourth-order valence-electron chi connectivity index (χ4n) is 3.72. The van der Waals surface area contributed by atoms with Gasteiger partial charge in [0.2, 0.25) is 0 Å². The van der Waals surface area contributed by atoms with Crippen LogP contribution in [0.3, 0.4) is 0 Å². The Hall–Kier alpha value is -2.88. The third-order valence-electron chi connectivity index (χ3n) is 5.00. The summed E-state index contributed by atoms with van der Waals surface area (Å²) in [5.74, 6) is 0.498. The molecule has 0 spiro atoms. The topological polar surface area (TPSA) is 51.2 Å². The number of carbonyl (C=O) groups is 1. The number of aromatic nitrogens is 1. The van der Waals surface area contributed by atoms with Crippen LogP contribution in [0.2, 0.25) is 0 Å². The van der Waals surface area contributed by atoms with Crippen LogP contribution in [0, 0.1) is 19.8 Å². The number of hydrogen-bond donors (Lipinski definition) is 1. The van der Waals surface area contributed by atoms with Crippen LogP contribution in [-0.2, 0) is 9.53 Å². The summed E-state index contributed by atoms with van der Waals surface area (Å²) in [6, 6.07) is 18.0. The van der Waals surface area contributed by atoms with Gasteiger partial charge in [-0.2, -0.15) is 0 Å². The highest BCUT2D eigenvalue weighted by atomic mass is 16.6. The van der Waals surface area contributed by atoms with Gasteiger partial charge in [-0.15, -0.1) is 0 Å². The van der Waals surface area contributed by atoms with Crippen LogP contribution < -0.4 is 5.32 Å². The molecule has 132 valence electrons. The Morgan fingerprint density at radius 2 is 1.77 bits per heavy atom. The van der Waals surface area contributed by atoms with Gasteiger partial charge in [0, 0.05) is 11.6 Å². The standard InChI is InChI=1S/C22H22N2O2/c1-13-10-14(2)23-19(11-13)24-20-15(3)21(26-22(20)25)18-9-8-16-6-4-5-7-17(16)12-18/h4-12,15,20-21H,1-3H3,(H,23,24)/t15?,20?,21-/m0/s1. The highest BCUT2D eigenvalue weighted by molar-refractivity contribution is 5.84. The Morgan fingerprint density at radius 3 is 2.54 bits per heavy atom. The quantitative estimate of drug-likeness (QED) is 0.706. The van der Waals surface area contributed by atoms with E-state index in [0.717, 1.165) is 28.0 Å². The molecule has 0 amide bonds. The number of anilines is 1. The first-order chi connectivity index (χ1) is 12.5. The number of hydrogen-bond acceptors (Lipinski definition) is 4. The maximum atomic E-state index is 12.5. The van der Waals surface area contributed by atoms with Crippen LogP contribution in [-0.4, -0.2) is 17.0 Å². The van der Waals surface area contributed by atoms with Crippen LogP contribution in [0.5, 0.6) is 0 Å². The first kappa shape index (κ1) is 16.6. The van der Waals surface area contributed by atoms with Gasteiger partial charge in [0.15, 0.2) is 0 Å². The number of ether oxygens (including phenoxy) is 1. The van der Waals surface area contributed by atoms with Gasteiger partial charge in [-0.1, -0.05) is 43.3 Å². The molecule has 4 rings (SSSR count). The molecule has 1 fully saturated rings. The predicted octanol–water partition coefficient (Wildman–Crippen LogP) is 4.57. The highest BCUT2D eigenvalue weighted by Crippen LogP contribution is 2.37. The summed E-state index contributed by atoms with van der Waals surface area (Å²) in [7, 11) is 0. The number of cyclic esters (lactones) is 1. The van der Waals surface area contributed by atoms with E-state index in [1.165, 1.54) is 5.39 Å². The van der Waals surface area contributed by atoms with Crippen molar-refractivity contribution in [3.8, 4) is 0 Å². The Kier molecular flexibility index (Phi) is 4.11. The number of esters is 1. The van der Waals surface area contributed by atoms with Gasteiger partial charge in [0.05, 0.1) is 0 Å². The van der Waals surface area contributed by atoms with Gasteiger partial charge in [0.25, 0.3) is 0 Å². The molecule has 0 bridgehead atoms. The van der Waals surface area contributed by atoms with E-state index in [-0.39, 0.29) is 18.0 Å². The number of aryl methyl sites for hydroxylation is 2. The first-order valence-corrected chi connectivity index (χ1v) is 8.92. The number of nitrogens with zero attached hydrogens (tertiary/aromatic N) is 1. The number of pyridine rings is 1. The monoisotopic (exact) mass is 346 g/mol. The van der Waals surface area contributed by atoms with Crippen LogP contribution in [0.1, 0.15) is 29.8 Å². The number of rotatable bonds is 3. The molecule has 3 atom stereocenters. The average Bonchev–Trinajstić information content (AvgIpc) is 2.89. The Morgan fingerprint density at radius 1 is 1.00 bits per heavy atom. The molecule has 3 aromatic rings. The zero-order valence-corrected chi connectivity index (χ0v) is 15.2. The van der Waals surface area contributed by atoms with E-state index in [9.17, 15) is 4.79 Å². The second kappa shape index (κ2) is 6.45. The molecule has 2 heterocycles. The Balaban J connectivity index is 1.60. The second-order valence-corrected chi connectivity index (χ2v) is 7.12. The van der Waals surface area contributed by atoms with Crippen molar-refractivity contribution in [2.45, 2.75) is 32.9 Å². The molecule has 0 radical (unpaired) electrons. The molecule has 0 aliphatic carbocycles. The van der Waals surface area contributed by atoms with Crippen molar-refractivity contribution in [1.82, 2.24) is 4.98 Å². The van der Waals surface area contributed by atoms with Crippen LogP contribution >= 0.6 is 0 Å². The van der Waals surface area contributed by atoms with Crippen molar-refractivity contribution < 1.29 is 9.53 Å². The minimum absolute atomic E-state index is 0.00582. The van der Waals surface area contributed by atoms with Gasteiger partial charge >= 0.3 is 5.97 Å². The summed E-state index contributed by atoms with van der Waals surface area (Å²) in [6.45, 7) is 6.02. The van der Waals surface area contributed by atoms with E-state index in [1.807, 2.05) is 51.1 Å². The van der Waals surface area contributed by atoms with E-state index < -0.39 is 6.04 Å². The van der Waals surface area contributed by atoms with Crippen molar-refractivity contribution in [2.24, 2.45) is 5.92 Å². The average molecular weight is 346 g/mol. The van der Waals surface area contributed by atoms with Crippen molar-refractivity contribution in [2.75, 3.05) is 5.32 Å². The molecule has 1 aromatic heterocycles. The molecule has 1 aliphatic heterocycles. The lowest BCUT2D eigenvalue weighted by Crippen LogP contribution is -2.30. The molecule has 4 nitrogen and oxygen atoms in total. The van der Waals surface area contributed by atoms with Crippen molar-refractivity contribution in [3.63, 3.8) is 0 Å². The summed E-state index contributed by atoms with van der Waals surface area (Å²) in [6.07, 6.45) is -0.254. The Bertz CT molecular complexity index is 963. The number of benzene rings is 2. The molecule has 26 heavy (non-hydrogen) atoms. The van der Waals surface area contributed by atoms with E-state index in [4.69, 9.17) is 4.74 Å². The zero-order chi connectivity index (χ0) is 18.3. The Labute approximate surface area is 153 Å². The van der Waals surface area contributed by atoms with Gasteiger partial charge < -0.3 is 10.1 Å². The fraction of sp³-hybridized carbons (Fsp3) is 0.273. The van der Waals surface area contributed by atoms with Gasteiger partial charge in [-0.3, -0.25) is 0 Å². The van der Waals surface area contributed by atoms with E-state index >= 15 is 0 Å². The third kappa shape index (κ3) is 3.03. The summed E-state index contributed by atoms with van der Waals surface area (Å²) in [5, 5.41) is 5.61. The van der Waals surface area contributed by atoms with Gasteiger partial charge in [-0.25, -0.2) is 9.78 Å². The van der Waals surface area contributed by atoms with Gasteiger partial charge in [-0.05, 0) is 53.9 Å². The van der Waals surface area contributed by atoms with Crippen LogP contribution in [0.4, 0.5) is 5.82 Å². The minimum atomic E-state index is -0.403. The van der Waals surface area contributed by atoms with Crippen molar-refractivity contribution in [1.29, 1.82) is 0 Å². The van der Waals surface area contributed by atoms with E-state index in [1.54, 1.807) is 0 Å². The van der Waals surface area contributed by atoms with Crippen molar-refractivity contribution in [3.05, 3.63) is 71.4 Å². The van der Waals surface area contributed by atoms with E-state index in [2.05, 4.69) is 34.6 Å². The van der Waals surface area contributed by atoms with E-state index in [0.29, 0.717) is 0 Å². The highest BCUT2D eigenvalue weighted by Gasteiger charge is 2.42. The molecule has 4 heteroatoms. The lowest BCUT2D eigenvalue weighted by Gasteiger charge is -2.18. The summed E-state index contributed by atoms with van der Waals surface area (Å²) >= 11 is 0. The lowest BCUT2D eigenvalue weighted by atomic mass is 9.92. The smallest absolute Gasteiger partial charge is 0.329 e. The third-order valence-corrected chi connectivity index (χ3v) is 5.00. The summed E-state index contributed by atoms with van der Waals surface area (Å²) in [4.78, 5) is 17.0.